The molecule has 0 aliphatic rings. The Balaban J connectivity index is 4.61. The van der Waals surface area contributed by atoms with Crippen molar-refractivity contribution in [2.45, 2.75) is 33.2 Å². The summed E-state index contributed by atoms with van der Waals surface area (Å²) in [5.41, 5.74) is 0. The van der Waals surface area contributed by atoms with Gasteiger partial charge in [0.05, 0.1) is 6.61 Å². The summed E-state index contributed by atoms with van der Waals surface area (Å²) in [6.45, 7) is 5.03. The summed E-state index contributed by atoms with van der Waals surface area (Å²) in [6, 6.07) is -1.29. The van der Waals surface area contributed by atoms with Gasteiger partial charge in [0.15, 0.2) is 0 Å². The molecule has 0 saturated heterocycles. The van der Waals surface area contributed by atoms with E-state index in [0.29, 0.717) is 0 Å². The second-order valence-corrected chi connectivity index (χ2v) is 5.41. The van der Waals surface area contributed by atoms with Gasteiger partial charge in [-0.15, -0.1) is 0 Å². The van der Waals surface area contributed by atoms with Gasteiger partial charge in [0.25, 0.3) is 0 Å². The average molecular weight is 282 g/mol. The topological polar surface area (TPSA) is 122 Å². The predicted octanol–water partition coefficient (Wildman–Crippen LogP) is 0.0662. The van der Waals surface area contributed by atoms with Crippen molar-refractivity contribution in [3.8, 4) is 0 Å². The first-order valence-corrected chi connectivity index (χ1v) is 6.86. The van der Waals surface area contributed by atoms with Crippen LogP contribution in [0, 0.1) is 5.92 Å². The molecule has 0 saturated carbocycles. The molecule has 0 rings (SSSR count). The molecule has 0 aromatic rings. The zero-order valence-electron chi connectivity index (χ0n) is 10.5. The van der Waals surface area contributed by atoms with Crippen molar-refractivity contribution in [1.29, 1.82) is 0 Å². The van der Waals surface area contributed by atoms with Crippen LogP contribution in [0.4, 0.5) is 4.79 Å². The Hall–Kier alpha value is -1.35. The number of rotatable bonds is 7. The van der Waals surface area contributed by atoms with E-state index in [1.165, 1.54) is 6.92 Å². The van der Waals surface area contributed by atoms with Gasteiger partial charge < -0.3 is 9.84 Å². The van der Waals surface area contributed by atoms with E-state index in [-0.39, 0.29) is 18.9 Å². The molecule has 0 radical (unpaired) electrons. The molecule has 0 aromatic carbocycles. The number of hydrogen-bond acceptors (Lipinski definition) is 5. The molecule has 18 heavy (non-hydrogen) atoms. The quantitative estimate of drug-likeness (QED) is 0.607. The van der Waals surface area contributed by atoms with Crippen molar-refractivity contribution in [3.05, 3.63) is 0 Å². The lowest BCUT2D eigenvalue weighted by atomic mass is 10.1. The molecule has 3 N–H and O–H groups in total. The van der Waals surface area contributed by atoms with Crippen LogP contribution >= 0.6 is 0 Å². The highest BCUT2D eigenvalue weighted by molar-refractivity contribution is 7.88. The van der Waals surface area contributed by atoms with Crippen molar-refractivity contribution in [2.75, 3.05) is 6.61 Å². The molecule has 1 amide bonds. The van der Waals surface area contributed by atoms with Crippen molar-refractivity contribution in [2.24, 2.45) is 5.92 Å². The standard InChI is InChI=1S/C9H18N2O6S/c1-4-17-9(14)11-18(15,16)10-7(8(12)13)5-6(2)3/h6-7,10H,4-5H2,1-3H3,(H,11,14)(H,12,13). The molecule has 9 heteroatoms. The second-order valence-electron chi connectivity index (χ2n) is 3.96. The molecule has 106 valence electrons. The first-order valence-electron chi connectivity index (χ1n) is 5.37. The summed E-state index contributed by atoms with van der Waals surface area (Å²) < 4.78 is 30.7. The van der Waals surface area contributed by atoms with Gasteiger partial charge in [-0.25, -0.2) is 9.52 Å². The summed E-state index contributed by atoms with van der Waals surface area (Å²) in [6.07, 6.45) is -1.04. The molecule has 8 nitrogen and oxygen atoms in total. The maximum absolute atomic E-state index is 11.4. The predicted molar refractivity (Wildman–Crippen MR) is 63.1 cm³/mol. The summed E-state index contributed by atoms with van der Waals surface area (Å²) in [4.78, 5) is 21.8. The lowest BCUT2D eigenvalue weighted by molar-refractivity contribution is -0.139. The van der Waals surface area contributed by atoms with Gasteiger partial charge in [-0.3, -0.25) is 4.79 Å². The Morgan fingerprint density at radius 3 is 2.28 bits per heavy atom. The van der Waals surface area contributed by atoms with E-state index in [1.807, 2.05) is 4.72 Å². The monoisotopic (exact) mass is 282 g/mol. The van der Waals surface area contributed by atoms with Crippen LogP contribution in [0.2, 0.25) is 0 Å². The van der Waals surface area contributed by atoms with E-state index < -0.39 is 28.3 Å². The minimum Gasteiger partial charge on any atom is -0.480 e. The van der Waals surface area contributed by atoms with Crippen LogP contribution in [0.3, 0.4) is 0 Å². The molecule has 0 aliphatic heterocycles. The van der Waals surface area contributed by atoms with Gasteiger partial charge in [-0.1, -0.05) is 13.8 Å². The third-order valence-corrected chi connectivity index (χ3v) is 2.83. The normalized spacial score (nSPS) is 13.1. The lowest BCUT2D eigenvalue weighted by Gasteiger charge is -2.16. The van der Waals surface area contributed by atoms with E-state index in [4.69, 9.17) is 5.11 Å². The minimum absolute atomic E-state index is 0.00963. The molecule has 0 heterocycles. The van der Waals surface area contributed by atoms with Crippen LogP contribution in [0.1, 0.15) is 27.2 Å². The van der Waals surface area contributed by atoms with Gasteiger partial charge in [0.2, 0.25) is 0 Å². The van der Waals surface area contributed by atoms with Crippen LogP contribution < -0.4 is 9.44 Å². The number of hydrogen-bond donors (Lipinski definition) is 3. The fourth-order valence-electron chi connectivity index (χ4n) is 1.16. The van der Waals surface area contributed by atoms with Gasteiger partial charge >= 0.3 is 22.3 Å². The Bertz CT molecular complexity index is 392. The molecular formula is C9H18N2O6S. The number of carbonyl (C=O) groups excluding carboxylic acids is 1. The number of aliphatic carboxylic acids is 1. The summed E-state index contributed by atoms with van der Waals surface area (Å²) >= 11 is 0. The zero-order chi connectivity index (χ0) is 14.3. The van der Waals surface area contributed by atoms with E-state index in [1.54, 1.807) is 18.6 Å². The number of carboxylic acid groups (broad SMARTS) is 1. The maximum Gasteiger partial charge on any atom is 0.421 e. The van der Waals surface area contributed by atoms with Crippen LogP contribution in [0.15, 0.2) is 0 Å². The van der Waals surface area contributed by atoms with Gasteiger partial charge in [0, 0.05) is 0 Å². The van der Waals surface area contributed by atoms with E-state index in [9.17, 15) is 18.0 Å². The summed E-state index contributed by atoms with van der Waals surface area (Å²) in [5.74, 6) is -1.32. The average Bonchev–Trinajstić information content (AvgIpc) is 2.14. The summed E-state index contributed by atoms with van der Waals surface area (Å²) in [5, 5.41) is 8.85. The lowest BCUT2D eigenvalue weighted by Crippen LogP contribution is -2.48. The van der Waals surface area contributed by atoms with Crippen molar-refractivity contribution in [1.82, 2.24) is 9.44 Å². The van der Waals surface area contributed by atoms with Crippen LogP contribution in [0.25, 0.3) is 0 Å². The smallest absolute Gasteiger partial charge is 0.421 e. The fraction of sp³-hybridized carbons (Fsp3) is 0.778. The summed E-state index contributed by atoms with van der Waals surface area (Å²) in [7, 11) is -4.25. The molecule has 0 aliphatic carbocycles. The van der Waals surface area contributed by atoms with Crippen molar-refractivity contribution < 1.29 is 27.9 Å². The first kappa shape index (κ1) is 16.6. The SMILES string of the molecule is CCOC(=O)NS(=O)(=O)NC(CC(C)C)C(=O)O. The maximum atomic E-state index is 11.4. The number of carboxylic acids is 1. The Labute approximate surface area is 106 Å². The molecule has 1 unspecified atom stereocenters. The van der Waals surface area contributed by atoms with Crippen molar-refractivity contribution >= 4 is 22.3 Å². The third kappa shape index (κ3) is 7.07. The largest absolute Gasteiger partial charge is 0.480 e. The van der Waals surface area contributed by atoms with Crippen molar-refractivity contribution in [3.63, 3.8) is 0 Å². The number of amides is 1. The fourth-order valence-corrected chi connectivity index (χ4v) is 2.07. The van der Waals surface area contributed by atoms with Gasteiger partial charge in [-0.2, -0.15) is 13.1 Å². The number of carbonyl (C=O) groups is 2. The third-order valence-electron chi connectivity index (χ3n) is 1.80. The van der Waals surface area contributed by atoms with Crippen LogP contribution in [-0.2, 0) is 19.7 Å². The van der Waals surface area contributed by atoms with E-state index >= 15 is 0 Å². The Kier molecular flexibility index (Phi) is 6.63. The van der Waals surface area contributed by atoms with Gasteiger partial charge in [-0.05, 0) is 19.3 Å². The highest BCUT2D eigenvalue weighted by atomic mass is 32.2. The van der Waals surface area contributed by atoms with Crippen LogP contribution in [-0.4, -0.2) is 38.2 Å². The number of ether oxygens (including phenoxy) is 1. The molecule has 0 bridgehead atoms. The second kappa shape index (κ2) is 7.17. The Morgan fingerprint density at radius 2 is 1.89 bits per heavy atom. The zero-order valence-corrected chi connectivity index (χ0v) is 11.3. The molecule has 0 spiro atoms. The van der Waals surface area contributed by atoms with Crippen LogP contribution in [0.5, 0.6) is 0 Å². The molecule has 1 atom stereocenters. The highest BCUT2D eigenvalue weighted by Crippen LogP contribution is 2.05. The molecule has 0 aromatic heterocycles. The number of nitrogens with one attached hydrogen (secondary N) is 2. The molecule has 0 fully saturated rings. The van der Waals surface area contributed by atoms with Gasteiger partial charge in [0.1, 0.15) is 6.04 Å². The minimum atomic E-state index is -4.25. The van der Waals surface area contributed by atoms with E-state index in [2.05, 4.69) is 4.74 Å². The van der Waals surface area contributed by atoms with E-state index in [0.717, 1.165) is 0 Å². The molecular weight excluding hydrogens is 264 g/mol. The first-order chi connectivity index (χ1) is 8.18. The Morgan fingerprint density at radius 1 is 1.33 bits per heavy atom. The highest BCUT2D eigenvalue weighted by Gasteiger charge is 2.26.